The number of halogens is 5. The Morgan fingerprint density at radius 1 is 1.13 bits per heavy atom. The third-order valence-electron chi connectivity index (χ3n) is 1.72. The van der Waals surface area contributed by atoms with Crippen LogP contribution in [0.2, 0.25) is 0 Å². The molecule has 1 nitrogen and oxygen atoms in total. The molecule has 0 unspecified atom stereocenters. The van der Waals surface area contributed by atoms with E-state index in [1.807, 2.05) is 0 Å². The van der Waals surface area contributed by atoms with Crippen LogP contribution in [0, 0.1) is 11.6 Å². The zero-order valence-corrected chi connectivity index (χ0v) is 7.45. The van der Waals surface area contributed by atoms with E-state index in [4.69, 9.17) is 0 Å². The van der Waals surface area contributed by atoms with E-state index in [-0.39, 0.29) is 12.1 Å². The van der Waals surface area contributed by atoms with Crippen molar-refractivity contribution in [3.05, 3.63) is 34.9 Å². The van der Waals surface area contributed by atoms with Crippen LogP contribution in [0.3, 0.4) is 0 Å². The van der Waals surface area contributed by atoms with Crippen molar-refractivity contribution in [3.8, 4) is 0 Å². The molecular formula is C9H5F5O. The molecule has 0 fully saturated rings. The van der Waals surface area contributed by atoms with Gasteiger partial charge in [0.2, 0.25) is 0 Å². The van der Waals surface area contributed by atoms with Crippen LogP contribution >= 0.6 is 0 Å². The van der Waals surface area contributed by atoms with Crippen molar-refractivity contribution in [1.29, 1.82) is 0 Å². The Kier molecular flexibility index (Phi) is 2.79. The Balaban J connectivity index is 3.39. The average Bonchev–Trinajstić information content (AvgIpc) is 1.99. The molecule has 0 saturated heterocycles. The minimum absolute atomic E-state index is 0.0970. The molecule has 0 amide bonds. The molecule has 0 saturated carbocycles. The smallest absolute Gasteiger partial charge is 0.294 e. The number of benzene rings is 1. The van der Waals surface area contributed by atoms with Crippen LogP contribution < -0.4 is 0 Å². The van der Waals surface area contributed by atoms with Crippen LogP contribution in [0.25, 0.3) is 0 Å². The zero-order valence-electron chi connectivity index (χ0n) is 7.45. The highest BCUT2D eigenvalue weighted by atomic mass is 19.4. The molecule has 0 bridgehead atoms. The summed E-state index contributed by atoms with van der Waals surface area (Å²) in [5, 5.41) is 0. The molecule has 82 valence electrons. The summed E-state index contributed by atoms with van der Waals surface area (Å²) >= 11 is 0. The predicted octanol–water partition coefficient (Wildman–Crippen LogP) is 3.19. The van der Waals surface area contributed by atoms with Crippen LogP contribution in [0.1, 0.15) is 22.8 Å². The fourth-order valence-electron chi connectivity index (χ4n) is 1.07. The highest BCUT2D eigenvalue weighted by Crippen LogP contribution is 2.31. The Morgan fingerprint density at radius 2 is 1.53 bits per heavy atom. The van der Waals surface area contributed by atoms with Gasteiger partial charge in [-0.1, -0.05) is 0 Å². The number of rotatable bonds is 1. The number of hydrogen-bond donors (Lipinski definition) is 0. The molecular weight excluding hydrogens is 219 g/mol. The number of hydrogen-bond acceptors (Lipinski definition) is 1. The van der Waals surface area contributed by atoms with Gasteiger partial charge in [-0.3, -0.25) is 4.79 Å². The van der Waals surface area contributed by atoms with Gasteiger partial charge in [-0.15, -0.1) is 0 Å². The second-order valence-corrected chi connectivity index (χ2v) is 2.87. The summed E-state index contributed by atoms with van der Waals surface area (Å²) < 4.78 is 62.0. The Bertz CT molecular complexity index is 384. The van der Waals surface area contributed by atoms with Gasteiger partial charge in [-0.25, -0.2) is 8.78 Å². The number of Topliss-reactive ketones (excluding diaryl/α,β-unsaturated/α-hetero) is 1. The van der Waals surface area contributed by atoms with Crippen molar-refractivity contribution >= 4 is 5.78 Å². The van der Waals surface area contributed by atoms with Crippen LogP contribution in [-0.4, -0.2) is 5.78 Å². The lowest BCUT2D eigenvalue weighted by Crippen LogP contribution is -2.10. The largest absolute Gasteiger partial charge is 0.416 e. The van der Waals surface area contributed by atoms with Crippen molar-refractivity contribution < 1.29 is 26.7 Å². The Morgan fingerprint density at radius 3 is 1.80 bits per heavy atom. The Hall–Kier alpha value is -1.46. The van der Waals surface area contributed by atoms with Gasteiger partial charge in [0.05, 0.1) is 11.1 Å². The second kappa shape index (κ2) is 3.60. The van der Waals surface area contributed by atoms with Crippen molar-refractivity contribution in [3.63, 3.8) is 0 Å². The molecule has 0 aliphatic heterocycles. The lowest BCUT2D eigenvalue weighted by atomic mass is 10.1. The monoisotopic (exact) mass is 224 g/mol. The molecule has 0 atom stereocenters. The van der Waals surface area contributed by atoms with Crippen LogP contribution in [-0.2, 0) is 6.18 Å². The van der Waals surface area contributed by atoms with Gasteiger partial charge in [0.1, 0.15) is 11.6 Å². The summed E-state index contributed by atoms with van der Waals surface area (Å²) in [5.41, 5.74) is -2.41. The van der Waals surface area contributed by atoms with Gasteiger partial charge in [0, 0.05) is 0 Å². The number of alkyl halides is 3. The van der Waals surface area contributed by atoms with Crippen LogP contribution in [0.5, 0.6) is 0 Å². The van der Waals surface area contributed by atoms with Gasteiger partial charge in [0.15, 0.2) is 5.78 Å². The minimum atomic E-state index is -4.84. The summed E-state index contributed by atoms with van der Waals surface area (Å²) in [6.07, 6.45) is -4.84. The van der Waals surface area contributed by atoms with E-state index in [1.54, 1.807) is 0 Å². The quantitative estimate of drug-likeness (QED) is 0.528. The van der Waals surface area contributed by atoms with Crippen molar-refractivity contribution in [2.45, 2.75) is 13.1 Å². The molecule has 1 aromatic carbocycles. The zero-order chi connectivity index (χ0) is 11.8. The van der Waals surface area contributed by atoms with E-state index in [2.05, 4.69) is 0 Å². The summed E-state index contributed by atoms with van der Waals surface area (Å²) in [7, 11) is 0. The summed E-state index contributed by atoms with van der Waals surface area (Å²) in [6, 6.07) is 0.194. The highest BCUT2D eigenvalue weighted by Gasteiger charge is 2.33. The van der Waals surface area contributed by atoms with E-state index in [1.165, 1.54) is 0 Å². The maximum atomic E-state index is 12.9. The molecule has 0 spiro atoms. The molecule has 0 aliphatic carbocycles. The van der Waals surface area contributed by atoms with Crippen LogP contribution in [0.15, 0.2) is 12.1 Å². The van der Waals surface area contributed by atoms with Gasteiger partial charge >= 0.3 is 6.18 Å². The first-order valence-corrected chi connectivity index (χ1v) is 3.80. The molecule has 0 aliphatic rings. The molecule has 1 rings (SSSR count). The minimum Gasteiger partial charge on any atom is -0.294 e. The maximum absolute atomic E-state index is 12.9. The lowest BCUT2D eigenvalue weighted by Gasteiger charge is -2.08. The van der Waals surface area contributed by atoms with Gasteiger partial charge in [-0.05, 0) is 19.1 Å². The van der Waals surface area contributed by atoms with E-state index < -0.39 is 34.7 Å². The number of carbonyl (C=O) groups excluding carboxylic acids is 1. The Labute approximate surface area is 81.5 Å². The second-order valence-electron chi connectivity index (χ2n) is 2.87. The first-order chi connectivity index (χ1) is 6.73. The lowest BCUT2D eigenvalue weighted by molar-refractivity contribution is -0.138. The summed E-state index contributed by atoms with van der Waals surface area (Å²) in [6.45, 7) is 0.870. The fourth-order valence-corrected chi connectivity index (χ4v) is 1.07. The standard InChI is InChI=1S/C9H5F5O/c1-4(15)8-6(10)2-5(3-7(8)11)9(12,13)14/h2-3H,1H3. The summed E-state index contributed by atoms with van der Waals surface area (Å²) in [5.74, 6) is -3.97. The van der Waals surface area contributed by atoms with Crippen LogP contribution in [0.4, 0.5) is 22.0 Å². The van der Waals surface area contributed by atoms with E-state index >= 15 is 0 Å². The highest BCUT2D eigenvalue weighted by molar-refractivity contribution is 5.94. The molecule has 0 N–H and O–H groups in total. The molecule has 0 radical (unpaired) electrons. The topological polar surface area (TPSA) is 17.1 Å². The van der Waals surface area contributed by atoms with Crippen molar-refractivity contribution in [2.24, 2.45) is 0 Å². The molecule has 6 heteroatoms. The van der Waals surface area contributed by atoms with E-state index in [9.17, 15) is 26.7 Å². The van der Waals surface area contributed by atoms with Gasteiger partial charge in [0.25, 0.3) is 0 Å². The van der Waals surface area contributed by atoms with Crippen molar-refractivity contribution in [2.75, 3.05) is 0 Å². The first-order valence-electron chi connectivity index (χ1n) is 3.80. The molecule has 0 aromatic heterocycles. The average molecular weight is 224 g/mol. The fraction of sp³-hybridized carbons (Fsp3) is 0.222. The predicted molar refractivity (Wildman–Crippen MR) is 41.4 cm³/mol. The maximum Gasteiger partial charge on any atom is 0.416 e. The first kappa shape index (κ1) is 11.6. The van der Waals surface area contributed by atoms with E-state index in [0.29, 0.717) is 0 Å². The number of ketones is 1. The normalized spacial score (nSPS) is 11.6. The third-order valence-corrected chi connectivity index (χ3v) is 1.72. The SMILES string of the molecule is CC(=O)c1c(F)cc(C(F)(F)F)cc1F. The van der Waals surface area contributed by atoms with Crippen molar-refractivity contribution in [1.82, 2.24) is 0 Å². The molecule has 0 heterocycles. The molecule has 1 aromatic rings. The number of carbonyl (C=O) groups is 1. The van der Waals surface area contributed by atoms with E-state index in [0.717, 1.165) is 6.92 Å². The van der Waals surface area contributed by atoms with Gasteiger partial charge < -0.3 is 0 Å². The summed E-state index contributed by atoms with van der Waals surface area (Å²) in [4.78, 5) is 10.7. The third kappa shape index (κ3) is 2.31. The molecule has 15 heavy (non-hydrogen) atoms. The van der Waals surface area contributed by atoms with Gasteiger partial charge in [-0.2, -0.15) is 13.2 Å².